The van der Waals surface area contributed by atoms with Crippen LogP contribution >= 0.6 is 22.7 Å². The Morgan fingerprint density at radius 3 is 2.86 bits per heavy atom. The molecule has 1 N–H and O–H groups in total. The van der Waals surface area contributed by atoms with E-state index < -0.39 is 0 Å². The van der Waals surface area contributed by atoms with Crippen molar-refractivity contribution in [2.75, 3.05) is 27.2 Å². The van der Waals surface area contributed by atoms with Crippen molar-refractivity contribution in [1.82, 2.24) is 15.2 Å². The molecule has 0 aliphatic carbocycles. The summed E-state index contributed by atoms with van der Waals surface area (Å²) in [6.07, 6.45) is 1.99. The molecule has 0 fully saturated rings. The van der Waals surface area contributed by atoms with Gasteiger partial charge < -0.3 is 10.2 Å². The number of thiazole rings is 1. The molecule has 114 valence electrons. The second-order valence-electron chi connectivity index (χ2n) is 4.83. The van der Waals surface area contributed by atoms with Crippen LogP contribution in [0.2, 0.25) is 0 Å². The third kappa shape index (κ3) is 5.13. The standard InChI is InChI=1S/C15H22N4S2/c1-12-18-13(11-21-12)6-8-17-15(16-2)19(3)9-7-14-5-4-10-20-14/h4-5,10-11H,6-9H2,1-3H3,(H,16,17). The number of likely N-dealkylation sites (N-methyl/N-ethyl adjacent to an activating group) is 1. The fourth-order valence-electron chi connectivity index (χ4n) is 2.05. The van der Waals surface area contributed by atoms with Gasteiger partial charge >= 0.3 is 0 Å². The summed E-state index contributed by atoms with van der Waals surface area (Å²) >= 11 is 3.51. The highest BCUT2D eigenvalue weighted by atomic mass is 32.1. The van der Waals surface area contributed by atoms with Gasteiger partial charge in [-0.1, -0.05) is 6.07 Å². The lowest BCUT2D eigenvalue weighted by molar-refractivity contribution is 0.487. The maximum Gasteiger partial charge on any atom is 0.193 e. The Morgan fingerprint density at radius 2 is 2.24 bits per heavy atom. The Labute approximate surface area is 134 Å². The lowest BCUT2D eigenvalue weighted by atomic mass is 10.3. The number of guanidine groups is 1. The molecule has 0 saturated heterocycles. The zero-order chi connectivity index (χ0) is 15.1. The highest BCUT2D eigenvalue weighted by molar-refractivity contribution is 7.10. The van der Waals surface area contributed by atoms with Gasteiger partial charge in [-0.3, -0.25) is 4.99 Å². The van der Waals surface area contributed by atoms with Gasteiger partial charge in [0.25, 0.3) is 0 Å². The van der Waals surface area contributed by atoms with E-state index in [0.29, 0.717) is 0 Å². The molecule has 0 atom stereocenters. The molecule has 0 aromatic carbocycles. The molecule has 0 radical (unpaired) electrons. The van der Waals surface area contributed by atoms with Crippen LogP contribution in [0.25, 0.3) is 0 Å². The van der Waals surface area contributed by atoms with E-state index in [-0.39, 0.29) is 0 Å². The van der Waals surface area contributed by atoms with Gasteiger partial charge in [-0.05, 0) is 24.8 Å². The summed E-state index contributed by atoms with van der Waals surface area (Å²) in [5.74, 6) is 0.943. The van der Waals surface area contributed by atoms with Gasteiger partial charge in [-0.25, -0.2) is 4.98 Å². The van der Waals surface area contributed by atoms with Gasteiger partial charge in [0.05, 0.1) is 10.7 Å². The first-order chi connectivity index (χ1) is 10.2. The van der Waals surface area contributed by atoms with Crippen molar-refractivity contribution in [1.29, 1.82) is 0 Å². The largest absolute Gasteiger partial charge is 0.356 e. The molecule has 2 aromatic rings. The van der Waals surface area contributed by atoms with Gasteiger partial charge in [-0.2, -0.15) is 0 Å². The van der Waals surface area contributed by atoms with Gasteiger partial charge in [0.2, 0.25) is 0 Å². The number of rotatable bonds is 6. The fraction of sp³-hybridized carbons (Fsp3) is 0.467. The molecule has 0 unspecified atom stereocenters. The van der Waals surface area contributed by atoms with Crippen LogP contribution in [0, 0.1) is 6.92 Å². The average molecular weight is 323 g/mol. The Hall–Kier alpha value is -1.40. The molecule has 0 spiro atoms. The van der Waals surface area contributed by atoms with Crippen LogP contribution in [0.5, 0.6) is 0 Å². The number of aryl methyl sites for hydroxylation is 1. The smallest absolute Gasteiger partial charge is 0.193 e. The topological polar surface area (TPSA) is 40.5 Å². The molecule has 6 heteroatoms. The molecule has 2 rings (SSSR count). The number of aromatic nitrogens is 1. The Balaban J connectivity index is 1.74. The Kier molecular flexibility index (Phi) is 6.20. The predicted molar refractivity (Wildman–Crippen MR) is 92.6 cm³/mol. The fourth-order valence-corrected chi connectivity index (χ4v) is 3.39. The average Bonchev–Trinajstić information content (AvgIpc) is 3.12. The Morgan fingerprint density at radius 1 is 1.38 bits per heavy atom. The minimum absolute atomic E-state index is 0.860. The summed E-state index contributed by atoms with van der Waals surface area (Å²) in [4.78, 5) is 12.4. The van der Waals surface area contributed by atoms with E-state index in [9.17, 15) is 0 Å². The van der Waals surface area contributed by atoms with Crippen molar-refractivity contribution in [3.05, 3.63) is 38.5 Å². The summed E-state index contributed by atoms with van der Waals surface area (Å²) in [6, 6.07) is 4.28. The van der Waals surface area contributed by atoms with Crippen molar-refractivity contribution in [2.45, 2.75) is 19.8 Å². The first-order valence-corrected chi connectivity index (χ1v) is 8.80. The number of nitrogens with one attached hydrogen (secondary N) is 1. The summed E-state index contributed by atoms with van der Waals surface area (Å²) in [5.41, 5.74) is 1.15. The van der Waals surface area contributed by atoms with Crippen LogP contribution in [-0.2, 0) is 12.8 Å². The molecular formula is C15H22N4S2. The molecule has 0 aliphatic heterocycles. The van der Waals surface area contributed by atoms with E-state index in [4.69, 9.17) is 0 Å². The number of thiophene rings is 1. The van der Waals surface area contributed by atoms with Crippen molar-refractivity contribution >= 4 is 28.6 Å². The highest BCUT2D eigenvalue weighted by Crippen LogP contribution is 2.10. The maximum absolute atomic E-state index is 4.47. The van der Waals surface area contributed by atoms with E-state index in [1.165, 1.54) is 4.88 Å². The number of aliphatic imine (C=N–C) groups is 1. The minimum atomic E-state index is 0.860. The predicted octanol–water partition coefficient (Wildman–Crippen LogP) is 2.81. The van der Waals surface area contributed by atoms with Crippen LogP contribution in [-0.4, -0.2) is 43.0 Å². The lowest BCUT2D eigenvalue weighted by Crippen LogP contribution is -2.40. The summed E-state index contributed by atoms with van der Waals surface area (Å²) in [5, 5.41) is 8.78. The van der Waals surface area contributed by atoms with Crippen molar-refractivity contribution < 1.29 is 0 Å². The number of nitrogens with zero attached hydrogens (tertiary/aromatic N) is 3. The van der Waals surface area contributed by atoms with E-state index in [1.807, 2.05) is 25.3 Å². The lowest BCUT2D eigenvalue weighted by Gasteiger charge is -2.21. The van der Waals surface area contributed by atoms with Crippen molar-refractivity contribution in [2.24, 2.45) is 4.99 Å². The van der Waals surface area contributed by atoms with Crippen molar-refractivity contribution in [3.63, 3.8) is 0 Å². The van der Waals surface area contributed by atoms with Crippen LogP contribution < -0.4 is 5.32 Å². The molecule has 4 nitrogen and oxygen atoms in total. The maximum atomic E-state index is 4.47. The molecule has 2 aromatic heterocycles. The highest BCUT2D eigenvalue weighted by Gasteiger charge is 2.06. The molecule has 0 bridgehead atoms. The first kappa shape index (κ1) is 16.0. The first-order valence-electron chi connectivity index (χ1n) is 7.04. The Bertz CT molecular complexity index is 560. The van der Waals surface area contributed by atoms with Crippen LogP contribution in [0.4, 0.5) is 0 Å². The van der Waals surface area contributed by atoms with Crippen LogP contribution in [0.3, 0.4) is 0 Å². The molecule has 2 heterocycles. The molecule has 0 aliphatic rings. The summed E-state index contributed by atoms with van der Waals surface area (Å²) in [7, 11) is 3.91. The molecule has 0 saturated carbocycles. The molecule has 21 heavy (non-hydrogen) atoms. The van der Waals surface area contributed by atoms with E-state index in [2.05, 4.69) is 50.1 Å². The quantitative estimate of drug-likeness (QED) is 0.657. The summed E-state index contributed by atoms with van der Waals surface area (Å²) in [6.45, 7) is 3.87. The zero-order valence-corrected chi connectivity index (χ0v) is 14.4. The van der Waals surface area contributed by atoms with Crippen LogP contribution in [0.15, 0.2) is 27.9 Å². The zero-order valence-electron chi connectivity index (χ0n) is 12.8. The monoisotopic (exact) mass is 322 g/mol. The van der Waals surface area contributed by atoms with Gasteiger partial charge in [0, 0.05) is 43.9 Å². The second kappa shape index (κ2) is 8.14. The number of hydrogen-bond donors (Lipinski definition) is 1. The summed E-state index contributed by atoms with van der Waals surface area (Å²) < 4.78 is 0. The SMILES string of the molecule is CN=C(NCCc1csc(C)n1)N(C)CCc1cccs1. The minimum Gasteiger partial charge on any atom is -0.356 e. The van der Waals surface area contributed by atoms with Gasteiger partial charge in [0.15, 0.2) is 5.96 Å². The second-order valence-corrected chi connectivity index (χ2v) is 6.93. The van der Waals surface area contributed by atoms with Crippen molar-refractivity contribution in [3.8, 4) is 0 Å². The van der Waals surface area contributed by atoms with Gasteiger partial charge in [-0.15, -0.1) is 22.7 Å². The van der Waals surface area contributed by atoms with Crippen LogP contribution in [0.1, 0.15) is 15.6 Å². The number of hydrogen-bond acceptors (Lipinski definition) is 4. The normalized spacial score (nSPS) is 11.7. The van der Waals surface area contributed by atoms with Gasteiger partial charge in [0.1, 0.15) is 0 Å². The molecule has 0 amide bonds. The van der Waals surface area contributed by atoms with E-state index in [0.717, 1.165) is 42.6 Å². The third-order valence-corrected chi connectivity index (χ3v) is 4.94. The van der Waals surface area contributed by atoms with E-state index >= 15 is 0 Å². The molecular weight excluding hydrogens is 300 g/mol. The van der Waals surface area contributed by atoms with E-state index in [1.54, 1.807) is 11.3 Å². The third-order valence-electron chi connectivity index (χ3n) is 3.18.